The lowest BCUT2D eigenvalue weighted by atomic mass is 9.97. The van der Waals surface area contributed by atoms with Gasteiger partial charge in [0.05, 0.1) is 12.3 Å². The highest BCUT2D eigenvalue weighted by molar-refractivity contribution is 5.12. The molecule has 1 aromatic rings. The van der Waals surface area contributed by atoms with Gasteiger partial charge in [0.2, 0.25) is 0 Å². The molecule has 2 N–H and O–H groups in total. The van der Waals surface area contributed by atoms with Gasteiger partial charge in [0.25, 0.3) is 0 Å². The molecule has 0 aliphatic heterocycles. The minimum atomic E-state index is -0.193. The quantitative estimate of drug-likeness (QED) is 0.774. The molecule has 90 valence electrons. The molecule has 1 rings (SSSR count). The average Bonchev–Trinajstić information content (AvgIpc) is 2.29. The molecule has 0 bridgehead atoms. The lowest BCUT2D eigenvalue weighted by molar-refractivity contribution is 0.163. The van der Waals surface area contributed by atoms with E-state index in [1.54, 1.807) is 0 Å². The van der Waals surface area contributed by atoms with Crippen molar-refractivity contribution in [3.05, 3.63) is 29.6 Å². The third kappa shape index (κ3) is 3.91. The average molecular weight is 222 g/mol. The zero-order chi connectivity index (χ0) is 12.0. The second-order valence-electron chi connectivity index (χ2n) is 4.65. The smallest absolute Gasteiger partial charge is 0.0610 e. The van der Waals surface area contributed by atoms with Gasteiger partial charge in [-0.2, -0.15) is 0 Å². The van der Waals surface area contributed by atoms with E-state index >= 15 is 0 Å². The maximum absolute atomic E-state index is 9.36. The van der Waals surface area contributed by atoms with E-state index in [1.807, 2.05) is 26.1 Å². The van der Waals surface area contributed by atoms with Crippen LogP contribution in [0.2, 0.25) is 0 Å². The van der Waals surface area contributed by atoms with Gasteiger partial charge in [-0.3, -0.25) is 4.98 Å². The summed E-state index contributed by atoms with van der Waals surface area (Å²) in [7, 11) is 0. The monoisotopic (exact) mass is 222 g/mol. The number of hydrogen-bond donors (Lipinski definition) is 2. The normalized spacial score (nSPS) is 14.8. The Balaban J connectivity index is 2.52. The first-order chi connectivity index (χ1) is 7.59. The summed E-state index contributed by atoms with van der Waals surface area (Å²) in [5.74, 6) is 0. The number of hydrogen-bond acceptors (Lipinski definition) is 3. The zero-order valence-electron chi connectivity index (χ0n) is 10.5. The Morgan fingerprint density at radius 3 is 2.69 bits per heavy atom. The van der Waals surface area contributed by atoms with Crippen LogP contribution in [0.4, 0.5) is 0 Å². The highest BCUT2D eigenvalue weighted by Gasteiger charge is 2.21. The maximum Gasteiger partial charge on any atom is 0.0610 e. The Hall–Kier alpha value is -0.930. The highest BCUT2D eigenvalue weighted by atomic mass is 16.3. The van der Waals surface area contributed by atoms with Gasteiger partial charge in [-0.25, -0.2) is 0 Å². The number of aromatic nitrogens is 1. The number of aryl methyl sites for hydroxylation is 1. The minimum absolute atomic E-state index is 0.159. The fourth-order valence-corrected chi connectivity index (χ4v) is 1.68. The van der Waals surface area contributed by atoms with Gasteiger partial charge in [0.15, 0.2) is 0 Å². The van der Waals surface area contributed by atoms with E-state index in [0.29, 0.717) is 6.54 Å². The van der Waals surface area contributed by atoms with Crippen molar-refractivity contribution in [3.63, 3.8) is 0 Å². The molecule has 0 saturated heterocycles. The van der Waals surface area contributed by atoms with Crippen LogP contribution in [0.1, 0.15) is 37.9 Å². The van der Waals surface area contributed by atoms with Gasteiger partial charge in [-0.15, -0.1) is 0 Å². The fourth-order valence-electron chi connectivity index (χ4n) is 1.68. The van der Waals surface area contributed by atoms with Gasteiger partial charge >= 0.3 is 0 Å². The molecular weight excluding hydrogens is 200 g/mol. The van der Waals surface area contributed by atoms with E-state index in [-0.39, 0.29) is 12.1 Å². The van der Waals surface area contributed by atoms with Crippen molar-refractivity contribution in [3.8, 4) is 0 Å². The number of rotatable bonds is 6. The molecule has 0 aliphatic rings. The van der Waals surface area contributed by atoms with Crippen LogP contribution in [0.25, 0.3) is 0 Å². The topological polar surface area (TPSA) is 45.1 Å². The van der Waals surface area contributed by atoms with Crippen LogP contribution in [0, 0.1) is 6.92 Å². The summed E-state index contributed by atoms with van der Waals surface area (Å²) in [5, 5.41) is 12.7. The molecular formula is C13H22N2O. The molecule has 0 amide bonds. The molecule has 1 aromatic heterocycles. The number of pyridine rings is 1. The van der Waals surface area contributed by atoms with Crippen molar-refractivity contribution in [1.29, 1.82) is 0 Å². The molecule has 3 heteroatoms. The minimum Gasteiger partial charge on any atom is -0.394 e. The number of aliphatic hydroxyl groups excluding tert-OH is 1. The molecule has 1 unspecified atom stereocenters. The van der Waals surface area contributed by atoms with Crippen molar-refractivity contribution in [2.45, 2.75) is 45.7 Å². The van der Waals surface area contributed by atoms with Crippen LogP contribution < -0.4 is 5.32 Å². The summed E-state index contributed by atoms with van der Waals surface area (Å²) in [6.07, 6.45) is 3.90. The lowest BCUT2D eigenvalue weighted by Crippen LogP contribution is -2.45. The lowest BCUT2D eigenvalue weighted by Gasteiger charge is -2.28. The van der Waals surface area contributed by atoms with E-state index in [0.717, 1.165) is 18.5 Å². The molecule has 1 atom stereocenters. The van der Waals surface area contributed by atoms with Crippen LogP contribution in [0.15, 0.2) is 18.3 Å². The number of nitrogens with zero attached hydrogens (tertiary/aromatic N) is 1. The van der Waals surface area contributed by atoms with Gasteiger partial charge in [0.1, 0.15) is 0 Å². The van der Waals surface area contributed by atoms with Gasteiger partial charge < -0.3 is 10.4 Å². The third-order valence-corrected chi connectivity index (χ3v) is 2.82. The predicted molar refractivity (Wildman–Crippen MR) is 66.2 cm³/mol. The molecule has 3 nitrogen and oxygen atoms in total. The summed E-state index contributed by atoms with van der Waals surface area (Å²) in [6, 6.07) is 4.08. The largest absolute Gasteiger partial charge is 0.394 e. The Morgan fingerprint density at radius 1 is 1.44 bits per heavy atom. The van der Waals surface area contributed by atoms with Gasteiger partial charge in [0, 0.05) is 18.3 Å². The van der Waals surface area contributed by atoms with E-state index < -0.39 is 0 Å². The molecule has 1 heterocycles. The van der Waals surface area contributed by atoms with Crippen molar-refractivity contribution in [2.75, 3.05) is 6.61 Å². The SMILES string of the molecule is CCCC(C)(CO)NCc1ccc(C)cn1. The Bertz CT molecular complexity index is 310. The molecule has 0 aliphatic carbocycles. The first kappa shape index (κ1) is 13.1. The van der Waals surface area contributed by atoms with Gasteiger partial charge in [-0.1, -0.05) is 19.4 Å². The number of aliphatic hydroxyl groups is 1. The standard InChI is InChI=1S/C13H22N2O/c1-4-7-13(3,10-16)15-9-12-6-5-11(2)8-14-12/h5-6,8,15-16H,4,7,9-10H2,1-3H3. The summed E-state index contributed by atoms with van der Waals surface area (Å²) < 4.78 is 0. The van der Waals surface area contributed by atoms with E-state index in [2.05, 4.69) is 23.3 Å². The maximum atomic E-state index is 9.36. The third-order valence-electron chi connectivity index (χ3n) is 2.82. The molecule has 0 saturated carbocycles. The fraction of sp³-hybridized carbons (Fsp3) is 0.615. The predicted octanol–water partition coefficient (Wildman–Crippen LogP) is 2.03. The number of nitrogens with one attached hydrogen (secondary N) is 1. The Labute approximate surface area is 97.9 Å². The summed E-state index contributed by atoms with van der Waals surface area (Å²) in [5.41, 5.74) is 1.99. The van der Waals surface area contributed by atoms with Crippen LogP contribution in [-0.4, -0.2) is 22.2 Å². The van der Waals surface area contributed by atoms with Crippen molar-refractivity contribution < 1.29 is 5.11 Å². The first-order valence-electron chi connectivity index (χ1n) is 5.87. The van der Waals surface area contributed by atoms with Crippen LogP contribution >= 0.6 is 0 Å². The van der Waals surface area contributed by atoms with E-state index in [9.17, 15) is 5.11 Å². The highest BCUT2D eigenvalue weighted by Crippen LogP contribution is 2.12. The van der Waals surface area contributed by atoms with Crippen molar-refractivity contribution >= 4 is 0 Å². The molecule has 0 radical (unpaired) electrons. The molecule has 0 spiro atoms. The second kappa shape index (κ2) is 5.97. The van der Waals surface area contributed by atoms with Crippen LogP contribution in [-0.2, 0) is 6.54 Å². The summed E-state index contributed by atoms with van der Waals surface area (Å²) >= 11 is 0. The second-order valence-corrected chi connectivity index (χ2v) is 4.65. The van der Waals surface area contributed by atoms with Gasteiger partial charge in [-0.05, 0) is 31.9 Å². The molecule has 0 fully saturated rings. The van der Waals surface area contributed by atoms with Crippen LogP contribution in [0.3, 0.4) is 0 Å². The molecule has 0 aromatic carbocycles. The first-order valence-corrected chi connectivity index (χ1v) is 5.87. The molecule has 16 heavy (non-hydrogen) atoms. The zero-order valence-corrected chi connectivity index (χ0v) is 10.5. The van der Waals surface area contributed by atoms with Crippen LogP contribution in [0.5, 0.6) is 0 Å². The summed E-state index contributed by atoms with van der Waals surface area (Å²) in [6.45, 7) is 7.06. The Kier molecular flexibility index (Phi) is 4.90. The van der Waals surface area contributed by atoms with E-state index in [4.69, 9.17) is 0 Å². The Morgan fingerprint density at radius 2 is 2.19 bits per heavy atom. The van der Waals surface area contributed by atoms with Crippen molar-refractivity contribution in [1.82, 2.24) is 10.3 Å². The summed E-state index contributed by atoms with van der Waals surface area (Å²) in [4.78, 5) is 4.33. The van der Waals surface area contributed by atoms with Crippen molar-refractivity contribution in [2.24, 2.45) is 0 Å². The van der Waals surface area contributed by atoms with E-state index in [1.165, 1.54) is 5.56 Å².